The van der Waals surface area contributed by atoms with Gasteiger partial charge in [0, 0.05) is 84.1 Å². The van der Waals surface area contributed by atoms with Gasteiger partial charge in [0.2, 0.25) is 17.7 Å². The summed E-state index contributed by atoms with van der Waals surface area (Å²) in [7, 11) is 0. The zero-order chi connectivity index (χ0) is 22.3. The molecule has 0 saturated carbocycles. The molecule has 0 aromatic carbocycles. The monoisotopic (exact) mass is 441 g/mol. The second-order valence-corrected chi connectivity index (χ2v) is 9.22. The summed E-state index contributed by atoms with van der Waals surface area (Å²) >= 11 is 0. The summed E-state index contributed by atoms with van der Waals surface area (Å²) in [5.41, 5.74) is 1.25. The molecule has 1 aromatic rings. The first kappa shape index (κ1) is 22.7. The molecular weight excluding hydrogens is 406 g/mol. The molecule has 3 fully saturated rings. The average Bonchev–Trinajstić information content (AvgIpc) is 3.07. The molecule has 174 valence electrons. The summed E-state index contributed by atoms with van der Waals surface area (Å²) < 4.78 is 0. The van der Waals surface area contributed by atoms with E-state index in [4.69, 9.17) is 0 Å². The molecule has 1 atom stereocenters. The van der Waals surface area contributed by atoms with Crippen molar-refractivity contribution in [1.29, 1.82) is 0 Å². The zero-order valence-corrected chi connectivity index (χ0v) is 19.0. The third-order valence-corrected chi connectivity index (χ3v) is 6.93. The maximum atomic E-state index is 13.3. The highest BCUT2D eigenvalue weighted by atomic mass is 16.2. The van der Waals surface area contributed by atoms with E-state index in [-0.39, 0.29) is 23.6 Å². The van der Waals surface area contributed by atoms with Gasteiger partial charge < -0.3 is 14.7 Å². The first-order chi connectivity index (χ1) is 15.6. The molecule has 0 N–H and O–H groups in total. The number of pyridine rings is 1. The Morgan fingerprint density at radius 3 is 2.47 bits per heavy atom. The summed E-state index contributed by atoms with van der Waals surface area (Å²) in [4.78, 5) is 49.7. The molecule has 3 aliphatic rings. The number of hydrogen-bond donors (Lipinski definition) is 0. The van der Waals surface area contributed by atoms with E-state index >= 15 is 0 Å². The summed E-state index contributed by atoms with van der Waals surface area (Å²) in [6.45, 7) is 6.95. The molecule has 1 aromatic heterocycles. The topological polar surface area (TPSA) is 77.1 Å². The highest BCUT2D eigenvalue weighted by Gasteiger charge is 2.33. The van der Waals surface area contributed by atoms with Gasteiger partial charge in [-0.15, -0.1) is 0 Å². The number of aromatic nitrogens is 1. The fraction of sp³-hybridized carbons (Fsp3) is 0.667. The van der Waals surface area contributed by atoms with Crippen LogP contribution in [0, 0.1) is 5.92 Å². The van der Waals surface area contributed by atoms with Crippen LogP contribution in [-0.2, 0) is 20.9 Å². The predicted molar refractivity (Wildman–Crippen MR) is 120 cm³/mol. The van der Waals surface area contributed by atoms with Crippen LogP contribution in [0.2, 0.25) is 0 Å². The van der Waals surface area contributed by atoms with Gasteiger partial charge in [-0.25, -0.2) is 0 Å². The molecule has 4 heterocycles. The van der Waals surface area contributed by atoms with Gasteiger partial charge in [0.1, 0.15) is 0 Å². The lowest BCUT2D eigenvalue weighted by Crippen LogP contribution is -2.48. The van der Waals surface area contributed by atoms with Crippen molar-refractivity contribution >= 4 is 17.7 Å². The largest absolute Gasteiger partial charge is 0.343 e. The fourth-order valence-electron chi connectivity index (χ4n) is 5.08. The zero-order valence-electron chi connectivity index (χ0n) is 19.0. The number of amides is 3. The van der Waals surface area contributed by atoms with Crippen LogP contribution >= 0.6 is 0 Å². The molecule has 0 radical (unpaired) electrons. The number of carbonyl (C=O) groups is 3. The van der Waals surface area contributed by atoms with E-state index in [9.17, 15) is 14.4 Å². The third kappa shape index (κ3) is 5.85. The van der Waals surface area contributed by atoms with Crippen LogP contribution < -0.4 is 0 Å². The number of piperidine rings is 1. The van der Waals surface area contributed by atoms with Crippen molar-refractivity contribution < 1.29 is 14.4 Å². The van der Waals surface area contributed by atoms with E-state index in [0.29, 0.717) is 38.9 Å². The Kier molecular flexibility index (Phi) is 7.73. The number of likely N-dealkylation sites (tertiary alicyclic amines) is 2. The van der Waals surface area contributed by atoms with Gasteiger partial charge >= 0.3 is 0 Å². The lowest BCUT2D eigenvalue weighted by Gasteiger charge is -2.35. The van der Waals surface area contributed by atoms with Crippen molar-refractivity contribution in [3.8, 4) is 0 Å². The minimum Gasteiger partial charge on any atom is -0.343 e. The maximum absolute atomic E-state index is 13.3. The molecule has 32 heavy (non-hydrogen) atoms. The smallest absolute Gasteiger partial charge is 0.227 e. The van der Waals surface area contributed by atoms with Crippen molar-refractivity contribution in [1.82, 2.24) is 24.6 Å². The molecule has 1 unspecified atom stereocenters. The van der Waals surface area contributed by atoms with Gasteiger partial charge in [0.15, 0.2) is 0 Å². The third-order valence-electron chi connectivity index (χ3n) is 6.93. The second-order valence-electron chi connectivity index (χ2n) is 9.22. The van der Waals surface area contributed by atoms with Crippen molar-refractivity contribution in [2.75, 3.05) is 52.4 Å². The fourth-order valence-corrected chi connectivity index (χ4v) is 5.08. The average molecular weight is 442 g/mol. The molecule has 3 saturated heterocycles. The van der Waals surface area contributed by atoms with Crippen LogP contribution in [0.15, 0.2) is 24.5 Å². The normalized spacial score (nSPS) is 23.0. The Balaban J connectivity index is 1.25. The van der Waals surface area contributed by atoms with Crippen molar-refractivity contribution in [3.05, 3.63) is 30.1 Å². The van der Waals surface area contributed by atoms with Crippen molar-refractivity contribution in [3.63, 3.8) is 0 Å². The first-order valence-corrected chi connectivity index (χ1v) is 12.1. The van der Waals surface area contributed by atoms with E-state index in [1.165, 1.54) is 5.56 Å². The molecule has 8 nitrogen and oxygen atoms in total. The minimum absolute atomic E-state index is 0.104. The highest BCUT2D eigenvalue weighted by Crippen LogP contribution is 2.22. The standard InChI is InChI=1S/C24H35N5O3/c30-22-4-1-12-27(22)13-3-15-29-19-21(5-6-23(29)31)24(32)28-14-2-11-26(16-17-28)18-20-7-9-25-10-8-20/h7-10,21H,1-6,11-19H2. The van der Waals surface area contributed by atoms with Crippen molar-refractivity contribution in [2.45, 2.75) is 45.1 Å². The van der Waals surface area contributed by atoms with Gasteiger partial charge in [0.25, 0.3) is 0 Å². The van der Waals surface area contributed by atoms with E-state index in [1.807, 2.05) is 39.2 Å². The van der Waals surface area contributed by atoms with Crippen LogP contribution in [0.3, 0.4) is 0 Å². The Hall–Kier alpha value is -2.48. The lowest BCUT2D eigenvalue weighted by molar-refractivity contribution is -0.143. The summed E-state index contributed by atoms with van der Waals surface area (Å²) in [5.74, 6) is 0.458. The van der Waals surface area contributed by atoms with E-state index in [0.717, 1.165) is 58.5 Å². The minimum atomic E-state index is -0.104. The second kappa shape index (κ2) is 10.9. The molecule has 3 aliphatic heterocycles. The number of carbonyl (C=O) groups excluding carboxylic acids is 3. The maximum Gasteiger partial charge on any atom is 0.227 e. The highest BCUT2D eigenvalue weighted by molar-refractivity contribution is 5.84. The number of nitrogens with zero attached hydrogens (tertiary/aromatic N) is 5. The van der Waals surface area contributed by atoms with Gasteiger partial charge in [-0.3, -0.25) is 24.3 Å². The Morgan fingerprint density at radius 2 is 1.69 bits per heavy atom. The Labute approximate surface area is 190 Å². The van der Waals surface area contributed by atoms with Crippen LogP contribution in [0.1, 0.15) is 44.1 Å². The first-order valence-electron chi connectivity index (χ1n) is 12.1. The molecule has 0 spiro atoms. The molecule has 4 rings (SSSR count). The van der Waals surface area contributed by atoms with Crippen molar-refractivity contribution in [2.24, 2.45) is 5.92 Å². The Bertz CT molecular complexity index is 802. The Morgan fingerprint density at radius 1 is 0.906 bits per heavy atom. The summed E-state index contributed by atoms with van der Waals surface area (Å²) in [6, 6.07) is 4.09. The van der Waals surface area contributed by atoms with E-state index < -0.39 is 0 Å². The quantitative estimate of drug-likeness (QED) is 0.639. The van der Waals surface area contributed by atoms with Crippen LogP contribution in [0.5, 0.6) is 0 Å². The van der Waals surface area contributed by atoms with Gasteiger partial charge in [-0.05, 0) is 43.4 Å². The van der Waals surface area contributed by atoms with E-state index in [1.54, 1.807) is 0 Å². The van der Waals surface area contributed by atoms with Crippen LogP contribution in [0.4, 0.5) is 0 Å². The van der Waals surface area contributed by atoms with E-state index in [2.05, 4.69) is 9.88 Å². The molecule has 8 heteroatoms. The lowest BCUT2D eigenvalue weighted by atomic mass is 9.95. The number of rotatable bonds is 7. The predicted octanol–water partition coefficient (Wildman–Crippen LogP) is 1.37. The summed E-state index contributed by atoms with van der Waals surface area (Å²) in [5, 5.41) is 0. The molecule has 0 aliphatic carbocycles. The van der Waals surface area contributed by atoms with Crippen LogP contribution in [0.25, 0.3) is 0 Å². The molecular formula is C24H35N5O3. The molecule has 0 bridgehead atoms. The number of hydrogen-bond acceptors (Lipinski definition) is 5. The van der Waals surface area contributed by atoms with Gasteiger partial charge in [-0.2, -0.15) is 0 Å². The summed E-state index contributed by atoms with van der Waals surface area (Å²) in [6.07, 6.45) is 8.08. The van der Waals surface area contributed by atoms with Gasteiger partial charge in [-0.1, -0.05) is 0 Å². The molecule has 3 amide bonds. The van der Waals surface area contributed by atoms with Crippen LogP contribution in [-0.4, -0.2) is 94.7 Å². The SMILES string of the molecule is O=C1CCCN1CCCN1CC(C(=O)N2CCCN(Cc3ccncc3)CC2)CCC1=O. The van der Waals surface area contributed by atoms with Gasteiger partial charge in [0.05, 0.1) is 5.92 Å².